The number of hydrogen-bond donors (Lipinski definition) is 2. The van der Waals surface area contributed by atoms with Gasteiger partial charge in [-0.05, 0) is 31.9 Å². The van der Waals surface area contributed by atoms with Crippen molar-refractivity contribution < 1.29 is 22.8 Å². The standard InChI is InChI=1S/C18H18F3N3O2S/c1-10(16(25)22-9-18(19,20)21)27-15-8-13(17(26)23-11-6-7-11)12-4-2-3-5-14(12)24-15/h2-5,8,10-11H,6-7,9H2,1H3,(H,22,25)(H,23,26). The van der Waals surface area contributed by atoms with Crippen molar-refractivity contribution in [1.82, 2.24) is 15.6 Å². The molecule has 144 valence electrons. The van der Waals surface area contributed by atoms with Gasteiger partial charge >= 0.3 is 6.18 Å². The molecule has 1 unspecified atom stereocenters. The number of amides is 2. The maximum Gasteiger partial charge on any atom is 0.405 e. The summed E-state index contributed by atoms with van der Waals surface area (Å²) >= 11 is 1.01. The quantitative estimate of drug-likeness (QED) is 0.734. The average molecular weight is 397 g/mol. The van der Waals surface area contributed by atoms with Crippen LogP contribution in [0.1, 0.15) is 30.1 Å². The molecule has 9 heteroatoms. The molecule has 1 aliphatic rings. The van der Waals surface area contributed by atoms with E-state index in [4.69, 9.17) is 0 Å². The Hall–Kier alpha value is -2.29. The fourth-order valence-corrected chi connectivity index (χ4v) is 3.35. The fraction of sp³-hybridized carbons (Fsp3) is 0.389. The number of thioether (sulfide) groups is 1. The highest BCUT2D eigenvalue weighted by Crippen LogP contribution is 2.28. The lowest BCUT2D eigenvalue weighted by molar-refractivity contribution is -0.137. The van der Waals surface area contributed by atoms with E-state index in [1.807, 2.05) is 5.32 Å². The lowest BCUT2D eigenvalue weighted by Gasteiger charge is -2.14. The molecule has 2 amide bonds. The summed E-state index contributed by atoms with van der Waals surface area (Å²) in [4.78, 5) is 28.9. The molecule has 1 saturated carbocycles. The number of aromatic nitrogens is 1. The van der Waals surface area contributed by atoms with Gasteiger partial charge in [0.2, 0.25) is 5.91 Å². The number of benzene rings is 1. The highest BCUT2D eigenvalue weighted by atomic mass is 32.2. The first-order chi connectivity index (χ1) is 12.7. The predicted molar refractivity (Wildman–Crippen MR) is 96.6 cm³/mol. The van der Waals surface area contributed by atoms with E-state index < -0.39 is 23.9 Å². The molecule has 0 saturated heterocycles. The van der Waals surface area contributed by atoms with Gasteiger partial charge in [0.1, 0.15) is 6.54 Å². The summed E-state index contributed by atoms with van der Waals surface area (Å²) in [6.07, 6.45) is -2.56. The number of fused-ring (bicyclic) bond motifs is 1. The highest BCUT2D eigenvalue weighted by Gasteiger charge is 2.29. The van der Waals surface area contributed by atoms with Crippen molar-refractivity contribution in [2.75, 3.05) is 6.54 Å². The molecule has 2 N–H and O–H groups in total. The number of pyridine rings is 1. The third kappa shape index (κ3) is 5.35. The Labute approximate surface area is 158 Å². The number of nitrogens with zero attached hydrogens (tertiary/aromatic N) is 1. The number of alkyl halides is 3. The smallest absolute Gasteiger partial charge is 0.349 e. The van der Waals surface area contributed by atoms with Crippen molar-refractivity contribution in [3.63, 3.8) is 0 Å². The minimum Gasteiger partial charge on any atom is -0.349 e. The van der Waals surface area contributed by atoms with E-state index in [1.165, 1.54) is 6.92 Å². The number of para-hydroxylation sites is 1. The molecule has 1 aliphatic carbocycles. The maximum absolute atomic E-state index is 12.5. The van der Waals surface area contributed by atoms with Crippen LogP contribution < -0.4 is 10.6 Å². The number of carbonyl (C=O) groups is 2. The van der Waals surface area contributed by atoms with Crippen LogP contribution in [0.2, 0.25) is 0 Å². The van der Waals surface area contributed by atoms with Crippen molar-refractivity contribution >= 4 is 34.5 Å². The highest BCUT2D eigenvalue weighted by molar-refractivity contribution is 8.00. The van der Waals surface area contributed by atoms with Gasteiger partial charge in [0, 0.05) is 11.4 Å². The van der Waals surface area contributed by atoms with Crippen molar-refractivity contribution in [3.8, 4) is 0 Å². The molecule has 1 heterocycles. The first-order valence-electron chi connectivity index (χ1n) is 8.45. The molecular formula is C18H18F3N3O2S. The number of carbonyl (C=O) groups excluding carboxylic acids is 2. The van der Waals surface area contributed by atoms with Crippen molar-refractivity contribution in [3.05, 3.63) is 35.9 Å². The first kappa shape index (κ1) is 19.5. The van der Waals surface area contributed by atoms with E-state index in [-0.39, 0.29) is 11.9 Å². The average Bonchev–Trinajstić information content (AvgIpc) is 3.42. The van der Waals surface area contributed by atoms with Crippen molar-refractivity contribution in [2.24, 2.45) is 0 Å². The maximum atomic E-state index is 12.5. The summed E-state index contributed by atoms with van der Waals surface area (Å²) in [5, 5.41) is 5.09. The number of hydrogen-bond acceptors (Lipinski definition) is 4. The molecule has 2 aromatic rings. The Bertz CT molecular complexity index is 869. The zero-order chi connectivity index (χ0) is 19.6. The van der Waals surface area contributed by atoms with E-state index in [2.05, 4.69) is 10.3 Å². The summed E-state index contributed by atoms with van der Waals surface area (Å²) < 4.78 is 36.8. The van der Waals surface area contributed by atoms with Gasteiger partial charge in [-0.3, -0.25) is 9.59 Å². The van der Waals surface area contributed by atoms with E-state index in [9.17, 15) is 22.8 Å². The molecule has 3 rings (SSSR count). The minimum absolute atomic E-state index is 0.188. The van der Waals surface area contributed by atoms with Crippen molar-refractivity contribution in [2.45, 2.75) is 42.3 Å². The second kappa shape index (κ2) is 7.75. The second-order valence-corrected chi connectivity index (χ2v) is 7.73. The van der Waals surface area contributed by atoms with Crippen molar-refractivity contribution in [1.29, 1.82) is 0 Å². The molecule has 0 aliphatic heterocycles. The largest absolute Gasteiger partial charge is 0.405 e. The zero-order valence-electron chi connectivity index (χ0n) is 14.5. The Kier molecular flexibility index (Phi) is 5.59. The molecule has 1 atom stereocenters. The SMILES string of the molecule is CC(Sc1cc(C(=O)NC2CC2)c2ccccc2n1)C(=O)NCC(F)(F)F. The number of rotatable bonds is 6. The Morgan fingerprint density at radius 2 is 2.00 bits per heavy atom. The summed E-state index contributed by atoms with van der Waals surface area (Å²) in [5.74, 6) is -0.955. The molecule has 1 fully saturated rings. The summed E-state index contributed by atoms with van der Waals surface area (Å²) in [5.41, 5.74) is 1.03. The van der Waals surface area contributed by atoms with Crippen LogP contribution in [0.3, 0.4) is 0 Å². The normalized spacial score (nSPS) is 15.4. The monoisotopic (exact) mass is 397 g/mol. The Morgan fingerprint density at radius 1 is 1.30 bits per heavy atom. The molecule has 0 spiro atoms. The third-order valence-corrected chi connectivity index (χ3v) is 5.00. The first-order valence-corrected chi connectivity index (χ1v) is 9.32. The number of halogens is 3. The fourth-order valence-electron chi connectivity index (χ4n) is 2.46. The summed E-state index contributed by atoms with van der Waals surface area (Å²) in [6.45, 7) is 0.119. The van der Waals surface area contributed by atoms with E-state index in [0.717, 1.165) is 24.6 Å². The van der Waals surface area contributed by atoms with Gasteiger partial charge in [-0.2, -0.15) is 13.2 Å². The van der Waals surface area contributed by atoms with Gasteiger partial charge in [0.25, 0.3) is 5.91 Å². The van der Waals surface area contributed by atoms with Crippen LogP contribution in [-0.4, -0.2) is 40.8 Å². The van der Waals surface area contributed by atoms with E-state index in [1.54, 1.807) is 30.3 Å². The molecule has 1 aromatic carbocycles. The minimum atomic E-state index is -4.46. The molecule has 27 heavy (non-hydrogen) atoms. The second-order valence-electron chi connectivity index (χ2n) is 6.37. The van der Waals surface area contributed by atoms with Crippen LogP contribution >= 0.6 is 11.8 Å². The van der Waals surface area contributed by atoms with Gasteiger partial charge in [-0.15, -0.1) is 0 Å². The van der Waals surface area contributed by atoms with Crippen LogP contribution in [0.15, 0.2) is 35.4 Å². The Morgan fingerprint density at radius 3 is 2.67 bits per heavy atom. The predicted octanol–water partition coefficient (Wildman–Crippen LogP) is 3.29. The van der Waals surface area contributed by atoms with Crippen LogP contribution in [-0.2, 0) is 4.79 Å². The molecule has 0 bridgehead atoms. The van der Waals surface area contributed by atoms with Gasteiger partial charge in [0.05, 0.1) is 21.4 Å². The molecule has 1 aromatic heterocycles. The van der Waals surface area contributed by atoms with E-state index in [0.29, 0.717) is 21.5 Å². The van der Waals surface area contributed by atoms with Crippen LogP contribution in [0.25, 0.3) is 10.9 Å². The van der Waals surface area contributed by atoms with Gasteiger partial charge in [-0.25, -0.2) is 4.98 Å². The lowest BCUT2D eigenvalue weighted by Crippen LogP contribution is -2.38. The van der Waals surface area contributed by atoms with Crippen LogP contribution in [0.5, 0.6) is 0 Å². The molecular weight excluding hydrogens is 379 g/mol. The third-order valence-electron chi connectivity index (χ3n) is 3.98. The van der Waals surface area contributed by atoms with E-state index >= 15 is 0 Å². The molecule has 5 nitrogen and oxygen atoms in total. The van der Waals surface area contributed by atoms with Crippen LogP contribution in [0.4, 0.5) is 13.2 Å². The molecule has 0 radical (unpaired) electrons. The summed E-state index contributed by atoms with van der Waals surface area (Å²) in [7, 11) is 0. The topological polar surface area (TPSA) is 71.1 Å². The van der Waals surface area contributed by atoms with Crippen LogP contribution in [0, 0.1) is 0 Å². The van der Waals surface area contributed by atoms with Gasteiger partial charge in [0.15, 0.2) is 0 Å². The van der Waals surface area contributed by atoms with Gasteiger partial charge < -0.3 is 10.6 Å². The Balaban J connectivity index is 1.79. The lowest BCUT2D eigenvalue weighted by atomic mass is 10.1. The zero-order valence-corrected chi connectivity index (χ0v) is 15.3. The summed E-state index contributed by atoms with van der Waals surface area (Å²) in [6, 6.07) is 8.90. The van der Waals surface area contributed by atoms with Gasteiger partial charge in [-0.1, -0.05) is 30.0 Å². The number of nitrogens with one attached hydrogen (secondary N) is 2.